The maximum absolute atomic E-state index is 13.2. The van der Waals surface area contributed by atoms with E-state index in [2.05, 4.69) is 11.7 Å². The van der Waals surface area contributed by atoms with Gasteiger partial charge in [0, 0.05) is 16.7 Å². The Kier molecular flexibility index (Phi) is 6.81. The van der Waals surface area contributed by atoms with Crippen LogP contribution in [0.1, 0.15) is 58.8 Å². The number of aliphatic hydroxyl groups is 3. The number of carbonyl (C=O) groups is 4. The SMILES string of the molecule is CC12C=CC(=O)C=C1CCC1C2C(O)CC2(C)C1CCC2(O)C(=O)COC(=O)CCC(=O)OCO. The van der Waals surface area contributed by atoms with Crippen molar-refractivity contribution in [2.24, 2.45) is 28.6 Å². The van der Waals surface area contributed by atoms with Gasteiger partial charge in [-0.25, -0.2) is 0 Å². The van der Waals surface area contributed by atoms with Crippen LogP contribution in [-0.2, 0) is 28.7 Å². The van der Waals surface area contributed by atoms with Crippen LogP contribution in [0.3, 0.4) is 0 Å². The Morgan fingerprint density at radius 3 is 2.49 bits per heavy atom. The summed E-state index contributed by atoms with van der Waals surface area (Å²) in [5.74, 6) is -2.22. The first-order valence-corrected chi connectivity index (χ1v) is 12.3. The van der Waals surface area contributed by atoms with Crippen molar-refractivity contribution in [3.63, 3.8) is 0 Å². The van der Waals surface area contributed by atoms with E-state index in [0.717, 1.165) is 18.4 Å². The molecule has 3 saturated carbocycles. The van der Waals surface area contributed by atoms with Crippen molar-refractivity contribution in [1.82, 2.24) is 0 Å². The van der Waals surface area contributed by atoms with E-state index in [1.807, 2.05) is 13.0 Å². The lowest BCUT2D eigenvalue weighted by atomic mass is 9.46. The van der Waals surface area contributed by atoms with Crippen LogP contribution < -0.4 is 0 Å². The van der Waals surface area contributed by atoms with Gasteiger partial charge in [-0.2, -0.15) is 0 Å². The standard InChI is InChI=1S/C26H34O9/c1-24-9-7-16(28)11-15(24)3-4-17-18-8-10-26(33,25(18,2)12-19(29)23(17)24)20(30)13-34-21(31)5-6-22(32)35-14-27/h7,9,11,17-19,23,27,29,33H,3-6,8,10,12-14H2,1-2H3. The normalized spacial score (nSPS) is 39.7. The number of ketones is 2. The van der Waals surface area contributed by atoms with Gasteiger partial charge in [0.05, 0.1) is 18.9 Å². The number of fused-ring (bicyclic) bond motifs is 5. The monoisotopic (exact) mass is 490 g/mol. The Labute approximate surface area is 204 Å². The van der Waals surface area contributed by atoms with Gasteiger partial charge in [-0.05, 0) is 56.1 Å². The van der Waals surface area contributed by atoms with Crippen molar-refractivity contribution in [2.45, 2.75) is 70.5 Å². The molecule has 9 heteroatoms. The lowest BCUT2D eigenvalue weighted by Gasteiger charge is -2.59. The molecule has 7 atom stereocenters. The molecule has 0 aliphatic heterocycles. The molecule has 0 bridgehead atoms. The summed E-state index contributed by atoms with van der Waals surface area (Å²) in [6.07, 6.45) is 6.36. The van der Waals surface area contributed by atoms with Crippen LogP contribution in [0.2, 0.25) is 0 Å². The molecule has 0 aromatic heterocycles. The first-order chi connectivity index (χ1) is 16.5. The average molecular weight is 491 g/mol. The number of ether oxygens (including phenoxy) is 2. The largest absolute Gasteiger partial charge is 0.458 e. The van der Waals surface area contributed by atoms with Crippen molar-refractivity contribution in [1.29, 1.82) is 0 Å². The van der Waals surface area contributed by atoms with Gasteiger partial charge in [0.2, 0.25) is 5.78 Å². The highest BCUT2D eigenvalue weighted by atomic mass is 16.6. The molecule has 3 fully saturated rings. The number of esters is 2. The maximum atomic E-state index is 13.2. The van der Waals surface area contributed by atoms with E-state index in [0.29, 0.717) is 6.42 Å². The van der Waals surface area contributed by atoms with Crippen LogP contribution in [0.5, 0.6) is 0 Å². The number of hydrogen-bond acceptors (Lipinski definition) is 9. The van der Waals surface area contributed by atoms with Gasteiger partial charge in [-0.15, -0.1) is 0 Å². The molecule has 3 N–H and O–H groups in total. The van der Waals surface area contributed by atoms with Crippen molar-refractivity contribution in [3.8, 4) is 0 Å². The Hall–Kier alpha value is -2.36. The third kappa shape index (κ3) is 4.17. The lowest BCUT2D eigenvalue weighted by molar-refractivity contribution is -0.181. The summed E-state index contributed by atoms with van der Waals surface area (Å²) >= 11 is 0. The van der Waals surface area contributed by atoms with E-state index >= 15 is 0 Å². The first kappa shape index (κ1) is 25.7. The molecule has 0 amide bonds. The van der Waals surface area contributed by atoms with E-state index in [1.165, 1.54) is 0 Å². The summed E-state index contributed by atoms with van der Waals surface area (Å²) in [5.41, 5.74) is -2.02. The Bertz CT molecular complexity index is 983. The number of hydrogen-bond donors (Lipinski definition) is 3. The molecule has 7 unspecified atom stereocenters. The molecule has 0 saturated heterocycles. The molecule has 0 spiro atoms. The summed E-state index contributed by atoms with van der Waals surface area (Å²) in [4.78, 5) is 48.4. The van der Waals surface area contributed by atoms with Gasteiger partial charge in [0.25, 0.3) is 0 Å². The van der Waals surface area contributed by atoms with E-state index in [9.17, 15) is 29.4 Å². The fourth-order valence-corrected chi connectivity index (χ4v) is 7.47. The van der Waals surface area contributed by atoms with Crippen molar-refractivity contribution >= 4 is 23.5 Å². The molecule has 0 aromatic carbocycles. The quantitative estimate of drug-likeness (QED) is 0.356. The highest BCUT2D eigenvalue weighted by molar-refractivity contribution is 6.01. The zero-order valence-corrected chi connectivity index (χ0v) is 20.2. The maximum Gasteiger partial charge on any atom is 0.308 e. The number of rotatable bonds is 7. The van der Waals surface area contributed by atoms with Crippen molar-refractivity contribution < 1.29 is 44.0 Å². The summed E-state index contributed by atoms with van der Waals surface area (Å²) in [6.45, 7) is 2.51. The summed E-state index contributed by atoms with van der Waals surface area (Å²) in [6, 6.07) is 0. The van der Waals surface area contributed by atoms with Crippen LogP contribution in [0.4, 0.5) is 0 Å². The van der Waals surface area contributed by atoms with Crippen molar-refractivity contribution in [2.75, 3.05) is 13.4 Å². The lowest BCUT2D eigenvalue weighted by Crippen LogP contribution is -2.61. The summed E-state index contributed by atoms with van der Waals surface area (Å²) in [7, 11) is 0. The number of carbonyl (C=O) groups excluding carboxylic acids is 4. The van der Waals surface area contributed by atoms with Crippen molar-refractivity contribution in [3.05, 3.63) is 23.8 Å². The van der Waals surface area contributed by atoms with Gasteiger partial charge < -0.3 is 24.8 Å². The van der Waals surface area contributed by atoms with Gasteiger partial charge in [0.1, 0.15) is 5.60 Å². The van der Waals surface area contributed by atoms with E-state index in [-0.39, 0.29) is 49.2 Å². The molecule has 4 rings (SSSR count). The van der Waals surface area contributed by atoms with Crippen LogP contribution >= 0.6 is 0 Å². The fourth-order valence-electron chi connectivity index (χ4n) is 7.47. The van der Waals surface area contributed by atoms with Gasteiger partial charge in [0.15, 0.2) is 19.2 Å². The van der Waals surface area contributed by atoms with Gasteiger partial charge in [-0.1, -0.05) is 25.5 Å². The summed E-state index contributed by atoms with van der Waals surface area (Å²) < 4.78 is 9.38. The van der Waals surface area contributed by atoms with Crippen LogP contribution in [0, 0.1) is 28.6 Å². The zero-order chi connectivity index (χ0) is 25.6. The number of Topliss-reactive ketones (excluding diaryl/α,β-unsaturated/α-hetero) is 1. The second kappa shape index (κ2) is 9.26. The number of aliphatic hydroxyl groups excluding tert-OH is 2. The second-order valence-corrected chi connectivity index (χ2v) is 10.8. The second-order valence-electron chi connectivity index (χ2n) is 10.8. The molecule has 9 nitrogen and oxygen atoms in total. The highest BCUT2D eigenvalue weighted by Crippen LogP contribution is 2.67. The minimum atomic E-state index is -1.74. The molecule has 4 aliphatic carbocycles. The minimum absolute atomic E-state index is 0.00166. The molecule has 35 heavy (non-hydrogen) atoms. The Morgan fingerprint density at radius 1 is 1.11 bits per heavy atom. The fraction of sp³-hybridized carbons (Fsp3) is 0.692. The Balaban J connectivity index is 1.47. The van der Waals surface area contributed by atoms with Crippen LogP contribution in [-0.4, -0.2) is 63.9 Å². The van der Waals surface area contributed by atoms with E-state index in [1.54, 1.807) is 12.2 Å². The number of allylic oxidation sites excluding steroid dienone is 4. The third-order valence-electron chi connectivity index (χ3n) is 9.23. The zero-order valence-electron chi connectivity index (χ0n) is 20.2. The van der Waals surface area contributed by atoms with Crippen LogP contribution in [0.25, 0.3) is 0 Å². The third-order valence-corrected chi connectivity index (χ3v) is 9.23. The summed E-state index contributed by atoms with van der Waals surface area (Å²) in [5, 5.41) is 31.6. The van der Waals surface area contributed by atoms with Gasteiger partial charge in [-0.3, -0.25) is 19.2 Å². The molecule has 4 aliphatic rings. The molecule has 0 heterocycles. The predicted molar refractivity (Wildman–Crippen MR) is 121 cm³/mol. The van der Waals surface area contributed by atoms with E-state index < -0.39 is 53.7 Å². The smallest absolute Gasteiger partial charge is 0.308 e. The molecular formula is C26H34O9. The first-order valence-electron chi connectivity index (χ1n) is 12.3. The molecule has 192 valence electrons. The van der Waals surface area contributed by atoms with E-state index in [4.69, 9.17) is 9.84 Å². The molecule has 0 radical (unpaired) electrons. The highest BCUT2D eigenvalue weighted by Gasteiger charge is 2.68. The molecule has 0 aromatic rings. The van der Waals surface area contributed by atoms with Crippen LogP contribution in [0.15, 0.2) is 23.8 Å². The molecular weight excluding hydrogens is 456 g/mol. The Morgan fingerprint density at radius 2 is 1.80 bits per heavy atom. The minimum Gasteiger partial charge on any atom is -0.458 e. The predicted octanol–water partition coefficient (Wildman–Crippen LogP) is 1.38. The van der Waals surface area contributed by atoms with Gasteiger partial charge >= 0.3 is 11.9 Å². The average Bonchev–Trinajstić information content (AvgIpc) is 3.07. The topological polar surface area (TPSA) is 147 Å².